The van der Waals surface area contributed by atoms with Crippen LogP contribution in [0.25, 0.3) is 0 Å². The van der Waals surface area contributed by atoms with Crippen molar-refractivity contribution >= 4 is 17.7 Å². The summed E-state index contributed by atoms with van der Waals surface area (Å²) in [5.74, 6) is -1.03. The summed E-state index contributed by atoms with van der Waals surface area (Å²) in [5, 5.41) is 0. The van der Waals surface area contributed by atoms with E-state index in [-0.39, 0.29) is 24.7 Å². The quantitative estimate of drug-likeness (QED) is 0.707. The molecular formula is C25H27FN2O3. The molecule has 4 rings (SSSR count). The summed E-state index contributed by atoms with van der Waals surface area (Å²) in [6, 6.07) is 16.0. The van der Waals surface area contributed by atoms with Gasteiger partial charge in [0.15, 0.2) is 0 Å². The minimum absolute atomic E-state index is 0.113. The maximum atomic E-state index is 14.0. The van der Waals surface area contributed by atoms with Gasteiger partial charge in [-0.05, 0) is 48.4 Å². The highest BCUT2D eigenvalue weighted by Gasteiger charge is 2.53. The number of carbonyl (C=O) groups excluding carboxylic acids is 3. The zero-order valence-electron chi connectivity index (χ0n) is 17.7. The normalized spacial score (nSPS) is 24.4. The number of halogens is 1. The Kier molecular flexibility index (Phi) is 5.90. The van der Waals surface area contributed by atoms with Gasteiger partial charge in [0, 0.05) is 33.0 Å². The summed E-state index contributed by atoms with van der Waals surface area (Å²) >= 11 is 0. The number of imide groups is 1. The van der Waals surface area contributed by atoms with Crippen LogP contribution in [0, 0.1) is 5.82 Å². The first-order valence-electron chi connectivity index (χ1n) is 10.8. The van der Waals surface area contributed by atoms with Crippen LogP contribution in [0.2, 0.25) is 0 Å². The Morgan fingerprint density at radius 3 is 2.52 bits per heavy atom. The second-order valence-electron chi connectivity index (χ2n) is 8.62. The maximum absolute atomic E-state index is 14.0. The van der Waals surface area contributed by atoms with Gasteiger partial charge in [-0.25, -0.2) is 4.39 Å². The number of likely N-dealkylation sites (N-methyl/N-ethyl adjacent to an activating group) is 1. The topological polar surface area (TPSA) is 57.7 Å². The molecule has 2 aliphatic heterocycles. The van der Waals surface area contributed by atoms with Crippen LogP contribution in [0.4, 0.5) is 4.39 Å². The number of hydrogen-bond donors (Lipinski definition) is 0. The molecule has 0 radical (unpaired) electrons. The number of rotatable bonds is 4. The number of nitrogens with zero attached hydrogens (tertiary/aromatic N) is 2. The second-order valence-corrected chi connectivity index (χ2v) is 8.62. The molecule has 0 N–H and O–H groups in total. The van der Waals surface area contributed by atoms with Crippen molar-refractivity contribution in [3.63, 3.8) is 0 Å². The van der Waals surface area contributed by atoms with Gasteiger partial charge in [0.25, 0.3) is 0 Å². The first kappa shape index (κ1) is 21.2. The summed E-state index contributed by atoms with van der Waals surface area (Å²) in [4.78, 5) is 41.6. The summed E-state index contributed by atoms with van der Waals surface area (Å²) < 4.78 is 14.0. The fourth-order valence-electron chi connectivity index (χ4n) is 4.91. The largest absolute Gasteiger partial charge is 0.343 e. The molecule has 0 bridgehead atoms. The summed E-state index contributed by atoms with van der Waals surface area (Å²) in [5.41, 5.74) is 0.336. The van der Waals surface area contributed by atoms with Crippen LogP contribution in [0.1, 0.15) is 49.1 Å². The van der Waals surface area contributed by atoms with E-state index in [4.69, 9.17) is 0 Å². The Hall–Kier alpha value is -3.02. The van der Waals surface area contributed by atoms with Crippen LogP contribution in [0.5, 0.6) is 0 Å². The molecule has 2 saturated heterocycles. The zero-order valence-corrected chi connectivity index (χ0v) is 17.7. The summed E-state index contributed by atoms with van der Waals surface area (Å²) in [6.07, 6.45) is 2.50. The monoisotopic (exact) mass is 422 g/mol. The Bertz CT molecular complexity index is 993. The van der Waals surface area contributed by atoms with E-state index >= 15 is 0 Å². The number of likely N-dealkylation sites (tertiary alicyclic amines) is 2. The summed E-state index contributed by atoms with van der Waals surface area (Å²) in [7, 11) is 1.42. The van der Waals surface area contributed by atoms with E-state index < -0.39 is 17.1 Å². The van der Waals surface area contributed by atoms with Crippen molar-refractivity contribution in [2.45, 2.75) is 43.4 Å². The molecule has 0 unspecified atom stereocenters. The van der Waals surface area contributed by atoms with Gasteiger partial charge in [-0.3, -0.25) is 19.3 Å². The molecule has 162 valence electrons. The lowest BCUT2D eigenvalue weighted by Crippen LogP contribution is -2.43. The minimum Gasteiger partial charge on any atom is -0.343 e. The molecule has 2 aromatic rings. The molecular weight excluding hydrogens is 395 g/mol. The SMILES string of the molecule is CN1C(=O)C[C@](CC(=O)N2CCC[C@@H](c3ccccc3)CC2)(c2cccc(F)c2)C1=O. The standard InChI is InChI=1S/C25H27FN2O3/c1-27-22(29)16-25(24(27)31,20-10-5-11-21(26)15-20)17-23(30)28-13-6-9-19(12-14-28)18-7-3-2-4-8-18/h2-5,7-8,10-11,15,19H,6,9,12-14,16-17H2,1H3/t19-,25+/m1/s1. The van der Waals surface area contributed by atoms with Crippen LogP contribution >= 0.6 is 0 Å². The average Bonchev–Trinajstić information content (AvgIpc) is 2.96. The first-order chi connectivity index (χ1) is 14.9. The minimum atomic E-state index is -1.34. The lowest BCUT2D eigenvalue weighted by molar-refractivity contribution is -0.141. The van der Waals surface area contributed by atoms with E-state index in [0.717, 1.165) is 24.2 Å². The van der Waals surface area contributed by atoms with Crippen molar-refractivity contribution < 1.29 is 18.8 Å². The number of carbonyl (C=O) groups is 3. The molecule has 31 heavy (non-hydrogen) atoms. The average molecular weight is 423 g/mol. The Labute approximate surface area is 181 Å². The third-order valence-electron chi connectivity index (χ3n) is 6.72. The van der Waals surface area contributed by atoms with Crippen LogP contribution in [0.15, 0.2) is 54.6 Å². The van der Waals surface area contributed by atoms with Crippen molar-refractivity contribution in [3.05, 3.63) is 71.5 Å². The molecule has 2 atom stereocenters. The smallest absolute Gasteiger partial charge is 0.240 e. The van der Waals surface area contributed by atoms with E-state index in [1.54, 1.807) is 11.0 Å². The van der Waals surface area contributed by atoms with Gasteiger partial charge >= 0.3 is 0 Å². The molecule has 2 heterocycles. The highest BCUT2D eigenvalue weighted by atomic mass is 19.1. The molecule has 0 aliphatic carbocycles. The Morgan fingerprint density at radius 1 is 1.06 bits per heavy atom. The van der Waals surface area contributed by atoms with Gasteiger partial charge in [-0.1, -0.05) is 42.5 Å². The van der Waals surface area contributed by atoms with Gasteiger partial charge in [-0.15, -0.1) is 0 Å². The number of benzene rings is 2. The maximum Gasteiger partial charge on any atom is 0.240 e. The molecule has 2 aromatic carbocycles. The van der Waals surface area contributed by atoms with Crippen molar-refractivity contribution in [2.24, 2.45) is 0 Å². The van der Waals surface area contributed by atoms with Gasteiger partial charge in [0.2, 0.25) is 17.7 Å². The van der Waals surface area contributed by atoms with Crippen LogP contribution in [0.3, 0.4) is 0 Å². The van der Waals surface area contributed by atoms with Gasteiger partial charge < -0.3 is 4.90 Å². The number of hydrogen-bond acceptors (Lipinski definition) is 3. The van der Waals surface area contributed by atoms with E-state index in [9.17, 15) is 18.8 Å². The molecule has 0 saturated carbocycles. The number of amides is 3. The van der Waals surface area contributed by atoms with Gasteiger partial charge in [0.1, 0.15) is 5.82 Å². The molecule has 3 amide bonds. The van der Waals surface area contributed by atoms with E-state index in [1.807, 2.05) is 18.2 Å². The van der Waals surface area contributed by atoms with Crippen molar-refractivity contribution in [1.29, 1.82) is 0 Å². The van der Waals surface area contributed by atoms with E-state index in [0.29, 0.717) is 24.6 Å². The fourth-order valence-corrected chi connectivity index (χ4v) is 4.91. The van der Waals surface area contributed by atoms with E-state index in [2.05, 4.69) is 12.1 Å². The molecule has 6 heteroatoms. The highest BCUT2D eigenvalue weighted by Crippen LogP contribution is 2.40. The van der Waals surface area contributed by atoms with Crippen LogP contribution in [-0.2, 0) is 19.8 Å². The molecule has 2 fully saturated rings. The molecule has 2 aliphatic rings. The first-order valence-corrected chi connectivity index (χ1v) is 10.8. The van der Waals surface area contributed by atoms with Crippen LogP contribution < -0.4 is 0 Å². The molecule has 0 spiro atoms. The predicted octanol–water partition coefficient (Wildman–Crippen LogP) is 3.64. The Balaban J connectivity index is 1.55. The second kappa shape index (κ2) is 8.61. The predicted molar refractivity (Wildman–Crippen MR) is 115 cm³/mol. The Morgan fingerprint density at radius 2 is 1.84 bits per heavy atom. The van der Waals surface area contributed by atoms with Crippen molar-refractivity contribution in [2.75, 3.05) is 20.1 Å². The van der Waals surface area contributed by atoms with Crippen molar-refractivity contribution in [1.82, 2.24) is 9.80 Å². The van der Waals surface area contributed by atoms with Gasteiger partial charge in [-0.2, -0.15) is 0 Å². The van der Waals surface area contributed by atoms with Crippen molar-refractivity contribution in [3.8, 4) is 0 Å². The van der Waals surface area contributed by atoms with Crippen LogP contribution in [-0.4, -0.2) is 47.7 Å². The van der Waals surface area contributed by atoms with Gasteiger partial charge in [0.05, 0.1) is 5.41 Å². The third kappa shape index (κ3) is 4.11. The third-order valence-corrected chi connectivity index (χ3v) is 6.72. The lowest BCUT2D eigenvalue weighted by Gasteiger charge is -2.30. The molecule has 0 aromatic heterocycles. The lowest BCUT2D eigenvalue weighted by atomic mass is 9.75. The highest BCUT2D eigenvalue weighted by molar-refractivity contribution is 6.10. The fraction of sp³-hybridized carbons (Fsp3) is 0.400. The van der Waals surface area contributed by atoms with E-state index in [1.165, 1.54) is 30.8 Å². The summed E-state index contributed by atoms with van der Waals surface area (Å²) in [6.45, 7) is 1.23. The molecule has 5 nitrogen and oxygen atoms in total. The zero-order chi connectivity index (χ0) is 22.0.